The van der Waals surface area contributed by atoms with Crippen molar-refractivity contribution in [3.05, 3.63) is 35.0 Å². The second-order valence-electron chi connectivity index (χ2n) is 3.51. The Balaban J connectivity index is 2.65. The fraction of sp³-hybridized carbons (Fsp3) is 0.167. The highest BCUT2D eigenvalue weighted by Gasteiger charge is 2.17. The van der Waals surface area contributed by atoms with Crippen LogP contribution in [0.15, 0.2) is 24.4 Å². The van der Waals surface area contributed by atoms with Crippen LogP contribution in [0.2, 0.25) is 5.02 Å². The molecule has 0 aliphatic rings. The number of carboxylic acids is 1. The molecule has 0 amide bonds. The summed E-state index contributed by atoms with van der Waals surface area (Å²) in [4.78, 5) is 15.4. The average Bonchev–Trinajstić information content (AvgIpc) is 2.34. The second kappa shape index (κ2) is 5.20. The Morgan fingerprint density at radius 2 is 2.28 bits per heavy atom. The Labute approximate surface area is 108 Å². The molecule has 5 nitrogen and oxygen atoms in total. The minimum Gasteiger partial charge on any atom is -0.478 e. The van der Waals surface area contributed by atoms with Gasteiger partial charge in [0, 0.05) is 17.5 Å². The number of nitrogens with zero attached hydrogens (tertiary/aromatic N) is 1. The molecule has 6 heteroatoms. The van der Waals surface area contributed by atoms with E-state index >= 15 is 0 Å². The highest BCUT2D eigenvalue weighted by Crippen LogP contribution is 2.28. The first kappa shape index (κ1) is 12.6. The Hall–Kier alpha value is -1.85. The highest BCUT2D eigenvalue weighted by atomic mass is 35.5. The first-order chi connectivity index (χ1) is 8.63. The van der Waals surface area contributed by atoms with E-state index in [1.54, 1.807) is 18.2 Å². The van der Waals surface area contributed by atoms with Gasteiger partial charge >= 0.3 is 5.97 Å². The summed E-state index contributed by atoms with van der Waals surface area (Å²) in [6.07, 6.45) is 1.36. The molecule has 0 spiro atoms. The molecule has 0 radical (unpaired) electrons. The Bertz CT molecular complexity index is 600. The van der Waals surface area contributed by atoms with Crippen LogP contribution < -0.4 is 4.74 Å². The van der Waals surface area contributed by atoms with Gasteiger partial charge < -0.3 is 14.6 Å². The van der Waals surface area contributed by atoms with E-state index in [1.165, 1.54) is 13.3 Å². The van der Waals surface area contributed by atoms with Crippen LogP contribution in [0.3, 0.4) is 0 Å². The van der Waals surface area contributed by atoms with Gasteiger partial charge in [0.15, 0.2) is 12.5 Å². The van der Waals surface area contributed by atoms with Crippen molar-refractivity contribution >= 4 is 28.5 Å². The Morgan fingerprint density at radius 1 is 1.50 bits per heavy atom. The molecule has 2 rings (SSSR count). The summed E-state index contributed by atoms with van der Waals surface area (Å²) in [6, 6.07) is 4.86. The molecule has 0 saturated carbocycles. The lowest BCUT2D eigenvalue weighted by Crippen LogP contribution is -2.07. The standard InChI is InChI=1S/C12H10ClNO4/c1-17-6-18-10-5-14-9-3-2-7(13)4-8(9)11(10)12(15)16/h2-5H,6H2,1H3,(H,15,16). The van der Waals surface area contributed by atoms with Gasteiger partial charge in [-0.3, -0.25) is 4.98 Å². The number of carbonyl (C=O) groups is 1. The predicted octanol–water partition coefficient (Wildman–Crippen LogP) is 2.57. The van der Waals surface area contributed by atoms with Crippen molar-refractivity contribution in [2.24, 2.45) is 0 Å². The molecule has 1 aromatic heterocycles. The molecule has 2 aromatic rings. The summed E-state index contributed by atoms with van der Waals surface area (Å²) in [6.45, 7) is -0.0476. The van der Waals surface area contributed by atoms with E-state index in [-0.39, 0.29) is 18.1 Å². The van der Waals surface area contributed by atoms with Gasteiger partial charge in [-0.1, -0.05) is 11.6 Å². The molecule has 1 N–H and O–H groups in total. The zero-order chi connectivity index (χ0) is 13.1. The van der Waals surface area contributed by atoms with Crippen molar-refractivity contribution in [3.63, 3.8) is 0 Å². The topological polar surface area (TPSA) is 68.7 Å². The minimum atomic E-state index is -1.10. The van der Waals surface area contributed by atoms with Gasteiger partial charge in [-0.05, 0) is 18.2 Å². The molecule has 0 bridgehead atoms. The minimum absolute atomic E-state index is 0.0274. The lowest BCUT2D eigenvalue weighted by Gasteiger charge is -2.10. The van der Waals surface area contributed by atoms with Gasteiger partial charge in [0.25, 0.3) is 0 Å². The maximum absolute atomic E-state index is 11.3. The van der Waals surface area contributed by atoms with Crippen molar-refractivity contribution < 1.29 is 19.4 Å². The van der Waals surface area contributed by atoms with Crippen molar-refractivity contribution in [2.75, 3.05) is 13.9 Å². The van der Waals surface area contributed by atoms with E-state index in [1.807, 2.05) is 0 Å². The van der Waals surface area contributed by atoms with Gasteiger partial charge in [0.05, 0.1) is 11.7 Å². The Morgan fingerprint density at radius 3 is 2.94 bits per heavy atom. The number of hydrogen-bond acceptors (Lipinski definition) is 4. The molecule has 0 aliphatic carbocycles. The van der Waals surface area contributed by atoms with Crippen LogP contribution in [0.5, 0.6) is 5.75 Å². The smallest absolute Gasteiger partial charge is 0.340 e. The third kappa shape index (κ3) is 2.37. The number of ether oxygens (including phenoxy) is 2. The fourth-order valence-electron chi connectivity index (χ4n) is 1.60. The van der Waals surface area contributed by atoms with E-state index in [4.69, 9.17) is 21.1 Å². The first-order valence-electron chi connectivity index (χ1n) is 5.06. The van der Waals surface area contributed by atoms with E-state index in [0.717, 1.165) is 0 Å². The molecular formula is C12H10ClNO4. The maximum atomic E-state index is 11.3. The monoisotopic (exact) mass is 267 g/mol. The third-order valence-corrected chi connectivity index (χ3v) is 2.58. The summed E-state index contributed by atoms with van der Waals surface area (Å²) in [5, 5.41) is 10.1. The normalized spacial score (nSPS) is 10.6. The molecule has 1 heterocycles. The molecule has 1 aromatic carbocycles. The fourth-order valence-corrected chi connectivity index (χ4v) is 1.77. The van der Waals surface area contributed by atoms with Crippen LogP contribution in [0, 0.1) is 0 Å². The van der Waals surface area contributed by atoms with E-state index in [0.29, 0.717) is 15.9 Å². The lowest BCUT2D eigenvalue weighted by atomic mass is 10.1. The van der Waals surface area contributed by atoms with Crippen LogP contribution in [-0.2, 0) is 4.74 Å². The van der Waals surface area contributed by atoms with Crippen LogP contribution in [-0.4, -0.2) is 30.0 Å². The van der Waals surface area contributed by atoms with Crippen molar-refractivity contribution in [2.45, 2.75) is 0 Å². The van der Waals surface area contributed by atoms with E-state index in [9.17, 15) is 9.90 Å². The molecule has 0 fully saturated rings. The first-order valence-corrected chi connectivity index (χ1v) is 5.44. The quantitative estimate of drug-likeness (QED) is 0.862. The number of aromatic carboxylic acids is 1. The Kier molecular flexibility index (Phi) is 3.64. The summed E-state index contributed by atoms with van der Waals surface area (Å²) >= 11 is 5.87. The number of pyridine rings is 1. The summed E-state index contributed by atoms with van der Waals surface area (Å²) in [5.74, 6) is -0.949. The zero-order valence-corrected chi connectivity index (χ0v) is 10.3. The maximum Gasteiger partial charge on any atom is 0.340 e. The third-order valence-electron chi connectivity index (χ3n) is 2.34. The number of fused-ring (bicyclic) bond motifs is 1. The zero-order valence-electron chi connectivity index (χ0n) is 9.51. The number of rotatable bonds is 4. The van der Waals surface area contributed by atoms with Gasteiger partial charge in [-0.15, -0.1) is 0 Å². The molecule has 0 atom stereocenters. The van der Waals surface area contributed by atoms with Crippen molar-refractivity contribution in [3.8, 4) is 5.75 Å². The van der Waals surface area contributed by atoms with Crippen molar-refractivity contribution in [1.29, 1.82) is 0 Å². The molecule has 0 saturated heterocycles. The molecular weight excluding hydrogens is 258 g/mol. The molecule has 0 unspecified atom stereocenters. The van der Waals surface area contributed by atoms with Gasteiger partial charge in [-0.25, -0.2) is 4.79 Å². The highest BCUT2D eigenvalue weighted by molar-refractivity contribution is 6.31. The summed E-state index contributed by atoms with van der Waals surface area (Å²) in [5.41, 5.74) is 0.570. The molecule has 94 valence electrons. The van der Waals surface area contributed by atoms with Crippen LogP contribution >= 0.6 is 11.6 Å². The van der Waals surface area contributed by atoms with Crippen LogP contribution in [0.1, 0.15) is 10.4 Å². The SMILES string of the molecule is COCOc1cnc2ccc(Cl)cc2c1C(=O)O. The number of hydrogen-bond donors (Lipinski definition) is 1. The molecule has 0 aliphatic heterocycles. The van der Waals surface area contributed by atoms with Gasteiger partial charge in [0.1, 0.15) is 5.56 Å². The molecule has 18 heavy (non-hydrogen) atoms. The number of aromatic nitrogens is 1. The average molecular weight is 268 g/mol. The van der Waals surface area contributed by atoms with Crippen molar-refractivity contribution in [1.82, 2.24) is 4.98 Å². The largest absolute Gasteiger partial charge is 0.478 e. The van der Waals surface area contributed by atoms with Crippen LogP contribution in [0.25, 0.3) is 10.9 Å². The van der Waals surface area contributed by atoms with Crippen LogP contribution in [0.4, 0.5) is 0 Å². The van der Waals surface area contributed by atoms with Gasteiger partial charge in [-0.2, -0.15) is 0 Å². The van der Waals surface area contributed by atoms with Gasteiger partial charge in [0.2, 0.25) is 0 Å². The second-order valence-corrected chi connectivity index (χ2v) is 3.95. The number of benzene rings is 1. The number of halogens is 1. The van der Waals surface area contributed by atoms with E-state index < -0.39 is 5.97 Å². The predicted molar refractivity (Wildman–Crippen MR) is 66.2 cm³/mol. The lowest BCUT2D eigenvalue weighted by molar-refractivity contribution is 0.0483. The number of methoxy groups -OCH3 is 1. The number of carboxylic acid groups (broad SMARTS) is 1. The summed E-state index contributed by atoms with van der Waals surface area (Å²) < 4.78 is 9.93. The summed E-state index contributed by atoms with van der Waals surface area (Å²) in [7, 11) is 1.45. The van der Waals surface area contributed by atoms with E-state index in [2.05, 4.69) is 4.98 Å².